The number of nitrogens with zero attached hydrogens (tertiary/aromatic N) is 3. The van der Waals surface area contributed by atoms with Crippen LogP contribution < -0.4 is 4.90 Å². The molecule has 0 atom stereocenters. The number of hydrogen-bond donors (Lipinski definition) is 0. The summed E-state index contributed by atoms with van der Waals surface area (Å²) >= 11 is 0. The second-order valence-corrected chi connectivity index (χ2v) is 4.94. The van der Waals surface area contributed by atoms with Crippen LogP contribution in [0.5, 0.6) is 0 Å². The van der Waals surface area contributed by atoms with Gasteiger partial charge in [-0.15, -0.1) is 0 Å². The summed E-state index contributed by atoms with van der Waals surface area (Å²) in [5.41, 5.74) is 0. The molecular weight excluding hydrogens is 190 g/mol. The van der Waals surface area contributed by atoms with Gasteiger partial charge in [0.1, 0.15) is 12.1 Å². The molecule has 0 bridgehead atoms. The Kier molecular flexibility index (Phi) is 1.73. The van der Waals surface area contributed by atoms with E-state index in [1.54, 1.807) is 0 Å². The first kappa shape index (κ1) is 8.43. The molecule has 2 heterocycles. The fourth-order valence-electron chi connectivity index (χ4n) is 0.985. The van der Waals surface area contributed by atoms with Gasteiger partial charge in [0.2, 0.25) is 0 Å². The summed E-state index contributed by atoms with van der Waals surface area (Å²) in [6.07, 6.45) is 2.42. The molecule has 0 radical (unpaired) electrons. The molecule has 0 saturated carbocycles. The molecule has 6 heteroatoms. The van der Waals surface area contributed by atoms with Gasteiger partial charge in [-0.3, -0.25) is 0 Å². The lowest BCUT2D eigenvalue weighted by Crippen LogP contribution is -2.03. The predicted octanol–water partition coefficient (Wildman–Crippen LogP) is -0.300. The number of hydrogen-bond acceptors (Lipinski definition) is 5. The van der Waals surface area contributed by atoms with Crippen molar-refractivity contribution < 1.29 is 8.42 Å². The van der Waals surface area contributed by atoms with E-state index in [-0.39, 0.29) is 5.03 Å². The first-order valence-electron chi connectivity index (χ1n) is 3.84. The molecular formula is C7H9N3O2S. The fourth-order valence-corrected chi connectivity index (χ4v) is 1.54. The van der Waals surface area contributed by atoms with E-state index in [2.05, 4.69) is 9.97 Å². The highest BCUT2D eigenvalue weighted by Crippen LogP contribution is 2.19. The lowest BCUT2D eigenvalue weighted by atomic mass is 10.6. The normalized spacial score (nSPS) is 15.9. The standard InChI is InChI=1S/C7H9N3O2S/c1-13(11,12)7-4-6(8-5-9-7)10-2-3-10/h4-5H,2-3H2,1H3. The first-order chi connectivity index (χ1) is 6.07. The van der Waals surface area contributed by atoms with Crippen molar-refractivity contribution >= 4 is 15.7 Å². The van der Waals surface area contributed by atoms with Gasteiger partial charge in [0.15, 0.2) is 14.9 Å². The maximum atomic E-state index is 11.1. The lowest BCUT2D eigenvalue weighted by Gasteiger charge is -2.01. The van der Waals surface area contributed by atoms with E-state index in [1.165, 1.54) is 12.4 Å². The van der Waals surface area contributed by atoms with Crippen LogP contribution in [0.4, 0.5) is 5.82 Å². The van der Waals surface area contributed by atoms with Crippen LogP contribution in [-0.2, 0) is 9.84 Å². The highest BCUT2D eigenvalue weighted by Gasteiger charge is 2.21. The largest absolute Gasteiger partial charge is 0.353 e. The summed E-state index contributed by atoms with van der Waals surface area (Å²) in [6, 6.07) is 1.50. The molecule has 0 aliphatic carbocycles. The average molecular weight is 199 g/mol. The number of anilines is 1. The quantitative estimate of drug-likeness (QED) is 0.483. The smallest absolute Gasteiger partial charge is 0.192 e. The van der Waals surface area contributed by atoms with E-state index < -0.39 is 9.84 Å². The Balaban J connectivity index is 2.43. The van der Waals surface area contributed by atoms with Gasteiger partial charge in [-0.05, 0) is 0 Å². The van der Waals surface area contributed by atoms with E-state index in [1.807, 2.05) is 4.90 Å². The minimum absolute atomic E-state index is 0.0874. The van der Waals surface area contributed by atoms with Crippen molar-refractivity contribution in [3.05, 3.63) is 12.4 Å². The Hall–Kier alpha value is -1.17. The second-order valence-electron chi connectivity index (χ2n) is 2.97. The molecule has 1 aromatic rings. The van der Waals surface area contributed by atoms with Crippen LogP contribution in [0.25, 0.3) is 0 Å². The lowest BCUT2D eigenvalue weighted by molar-refractivity contribution is 0.598. The van der Waals surface area contributed by atoms with Gasteiger partial charge in [-0.2, -0.15) is 0 Å². The Morgan fingerprint density at radius 3 is 2.62 bits per heavy atom. The summed E-state index contributed by atoms with van der Waals surface area (Å²) in [7, 11) is -3.21. The van der Waals surface area contributed by atoms with Crippen LogP contribution in [0, 0.1) is 0 Å². The van der Waals surface area contributed by atoms with Crippen molar-refractivity contribution in [2.45, 2.75) is 5.03 Å². The van der Waals surface area contributed by atoms with Crippen LogP contribution in [0.1, 0.15) is 0 Å². The number of sulfone groups is 1. The van der Waals surface area contributed by atoms with Crippen LogP contribution in [0.2, 0.25) is 0 Å². The van der Waals surface area contributed by atoms with Crippen LogP contribution in [0.3, 0.4) is 0 Å². The van der Waals surface area contributed by atoms with Gasteiger partial charge < -0.3 is 4.90 Å². The minimum atomic E-state index is -3.21. The van der Waals surface area contributed by atoms with Crippen molar-refractivity contribution in [1.29, 1.82) is 0 Å². The molecule has 1 aliphatic heterocycles. The molecule has 0 aromatic carbocycles. The van der Waals surface area contributed by atoms with Crippen LogP contribution >= 0.6 is 0 Å². The minimum Gasteiger partial charge on any atom is -0.353 e. The third-order valence-electron chi connectivity index (χ3n) is 1.78. The van der Waals surface area contributed by atoms with Crippen LogP contribution in [0.15, 0.2) is 17.4 Å². The van der Waals surface area contributed by atoms with Crippen molar-refractivity contribution in [2.75, 3.05) is 24.2 Å². The van der Waals surface area contributed by atoms with E-state index in [0.717, 1.165) is 19.3 Å². The van der Waals surface area contributed by atoms with Crippen molar-refractivity contribution in [3.8, 4) is 0 Å². The molecule has 70 valence electrons. The van der Waals surface area contributed by atoms with Gasteiger partial charge in [-0.25, -0.2) is 18.4 Å². The Morgan fingerprint density at radius 1 is 1.38 bits per heavy atom. The predicted molar refractivity (Wildman–Crippen MR) is 47.4 cm³/mol. The van der Waals surface area contributed by atoms with Gasteiger partial charge in [0.05, 0.1) is 0 Å². The molecule has 13 heavy (non-hydrogen) atoms. The maximum absolute atomic E-state index is 11.1. The molecule has 1 aliphatic rings. The zero-order valence-electron chi connectivity index (χ0n) is 7.14. The summed E-state index contributed by atoms with van der Waals surface area (Å²) < 4.78 is 22.2. The Morgan fingerprint density at radius 2 is 2.08 bits per heavy atom. The first-order valence-corrected chi connectivity index (χ1v) is 5.73. The highest BCUT2D eigenvalue weighted by atomic mass is 32.2. The molecule has 1 aromatic heterocycles. The molecule has 0 unspecified atom stereocenters. The molecule has 0 amide bonds. The van der Waals surface area contributed by atoms with Crippen molar-refractivity contribution in [3.63, 3.8) is 0 Å². The van der Waals surface area contributed by atoms with Gasteiger partial charge in [0, 0.05) is 25.4 Å². The molecule has 1 saturated heterocycles. The zero-order valence-corrected chi connectivity index (χ0v) is 7.95. The molecule has 2 rings (SSSR count). The summed E-state index contributed by atoms with van der Waals surface area (Å²) in [6.45, 7) is 1.89. The molecule has 0 spiro atoms. The highest BCUT2D eigenvalue weighted by molar-refractivity contribution is 7.90. The van der Waals surface area contributed by atoms with Crippen LogP contribution in [-0.4, -0.2) is 37.7 Å². The average Bonchev–Trinajstić information content (AvgIpc) is 2.85. The van der Waals surface area contributed by atoms with E-state index >= 15 is 0 Å². The number of rotatable bonds is 2. The molecule has 5 nitrogen and oxygen atoms in total. The summed E-state index contributed by atoms with van der Waals surface area (Å²) in [5, 5.41) is 0.0874. The SMILES string of the molecule is CS(=O)(=O)c1cc(N2CC2)ncn1. The van der Waals surface area contributed by atoms with Gasteiger partial charge in [0.25, 0.3) is 0 Å². The van der Waals surface area contributed by atoms with Crippen molar-refractivity contribution in [1.82, 2.24) is 9.97 Å². The third-order valence-corrected chi connectivity index (χ3v) is 2.76. The van der Waals surface area contributed by atoms with E-state index in [0.29, 0.717) is 5.82 Å². The monoisotopic (exact) mass is 199 g/mol. The van der Waals surface area contributed by atoms with Gasteiger partial charge in [-0.1, -0.05) is 0 Å². The van der Waals surface area contributed by atoms with E-state index in [4.69, 9.17) is 0 Å². The summed E-state index contributed by atoms with van der Waals surface area (Å²) in [4.78, 5) is 9.63. The van der Waals surface area contributed by atoms with Crippen molar-refractivity contribution in [2.24, 2.45) is 0 Å². The Labute approximate surface area is 76.3 Å². The molecule has 1 fully saturated rings. The topological polar surface area (TPSA) is 62.9 Å². The maximum Gasteiger partial charge on any atom is 0.192 e. The number of aromatic nitrogens is 2. The Bertz CT molecular complexity index is 425. The third kappa shape index (κ3) is 1.77. The molecule has 0 N–H and O–H groups in total. The summed E-state index contributed by atoms with van der Waals surface area (Å²) in [5.74, 6) is 0.690. The van der Waals surface area contributed by atoms with E-state index in [9.17, 15) is 8.42 Å². The second kappa shape index (κ2) is 2.66. The van der Waals surface area contributed by atoms with Gasteiger partial charge >= 0.3 is 0 Å². The fraction of sp³-hybridized carbons (Fsp3) is 0.429. The zero-order chi connectivity index (χ0) is 9.47.